The van der Waals surface area contributed by atoms with E-state index in [0.717, 1.165) is 0 Å². The fourth-order valence-electron chi connectivity index (χ4n) is 1.29. The summed E-state index contributed by atoms with van der Waals surface area (Å²) in [7, 11) is 0. The number of hydrogen-bond acceptors (Lipinski definition) is 4. The normalized spacial score (nSPS) is 9.62. The van der Waals surface area contributed by atoms with Gasteiger partial charge < -0.3 is 4.74 Å². The maximum atomic E-state index is 11.6. The molecule has 84 valence electrons. The highest BCUT2D eigenvalue weighted by molar-refractivity contribution is 7.80. The number of esters is 1. The predicted molar refractivity (Wildman–Crippen MR) is 63.9 cm³/mol. The number of halogens is 1. The van der Waals surface area contributed by atoms with Crippen molar-refractivity contribution in [2.45, 2.75) is 17.7 Å². The molecule has 0 aliphatic heterocycles. The lowest BCUT2D eigenvalue weighted by molar-refractivity contribution is 0.0525. The Bertz CT molecular complexity index is 454. The molecule has 0 saturated carbocycles. The molecule has 0 bridgehead atoms. The van der Waals surface area contributed by atoms with E-state index in [1.807, 2.05) is 6.07 Å². The minimum atomic E-state index is -0.481. The number of rotatable bonds is 3. The smallest absolute Gasteiger partial charge is 0.338 e. The van der Waals surface area contributed by atoms with Crippen molar-refractivity contribution in [2.24, 2.45) is 0 Å². The Morgan fingerprint density at radius 1 is 1.62 bits per heavy atom. The molecule has 0 atom stereocenters. The standard InChI is InChI=1S/C11H10ClNO2S/c1-2-15-11(14)9-4-8(16)3-7(6-13)10(9)5-12/h3-4,16H,2,5H2,1H3. The topological polar surface area (TPSA) is 50.1 Å². The molecule has 0 spiro atoms. The molecule has 5 heteroatoms. The molecule has 1 rings (SSSR count). The first-order chi connectivity index (χ1) is 7.63. The second-order valence-corrected chi connectivity index (χ2v) is 3.77. The lowest BCUT2D eigenvalue weighted by Crippen LogP contribution is -2.09. The van der Waals surface area contributed by atoms with Gasteiger partial charge in [0.2, 0.25) is 0 Å². The second-order valence-electron chi connectivity index (χ2n) is 2.99. The van der Waals surface area contributed by atoms with Gasteiger partial charge in [0.15, 0.2) is 0 Å². The van der Waals surface area contributed by atoms with E-state index < -0.39 is 5.97 Å². The summed E-state index contributed by atoms with van der Waals surface area (Å²) < 4.78 is 4.88. The van der Waals surface area contributed by atoms with Gasteiger partial charge in [0.05, 0.1) is 23.8 Å². The Morgan fingerprint density at radius 2 is 2.31 bits per heavy atom. The van der Waals surface area contributed by atoms with Crippen LogP contribution in [0.3, 0.4) is 0 Å². The molecule has 0 saturated heterocycles. The van der Waals surface area contributed by atoms with Crippen LogP contribution in [0, 0.1) is 11.3 Å². The Hall–Kier alpha value is -1.18. The van der Waals surface area contributed by atoms with Crippen molar-refractivity contribution in [2.75, 3.05) is 6.61 Å². The van der Waals surface area contributed by atoms with E-state index in [9.17, 15) is 4.79 Å². The van der Waals surface area contributed by atoms with Gasteiger partial charge in [-0.05, 0) is 24.6 Å². The second kappa shape index (κ2) is 5.78. The summed E-state index contributed by atoms with van der Waals surface area (Å²) in [6.07, 6.45) is 0. The van der Waals surface area contributed by atoms with Crippen molar-refractivity contribution in [1.82, 2.24) is 0 Å². The van der Waals surface area contributed by atoms with Gasteiger partial charge in [-0.15, -0.1) is 24.2 Å². The zero-order chi connectivity index (χ0) is 12.1. The highest BCUT2D eigenvalue weighted by atomic mass is 35.5. The van der Waals surface area contributed by atoms with Crippen molar-refractivity contribution < 1.29 is 9.53 Å². The number of alkyl halides is 1. The van der Waals surface area contributed by atoms with E-state index in [0.29, 0.717) is 21.6 Å². The third kappa shape index (κ3) is 2.69. The lowest BCUT2D eigenvalue weighted by atomic mass is 10.0. The third-order valence-corrected chi connectivity index (χ3v) is 2.51. The van der Waals surface area contributed by atoms with Gasteiger partial charge in [-0.3, -0.25) is 0 Å². The fraction of sp³-hybridized carbons (Fsp3) is 0.273. The van der Waals surface area contributed by atoms with Gasteiger partial charge in [0, 0.05) is 10.8 Å². The van der Waals surface area contributed by atoms with E-state index in [1.165, 1.54) is 0 Å². The molecule has 0 aliphatic carbocycles. The summed E-state index contributed by atoms with van der Waals surface area (Å²) in [5.74, 6) is -0.393. The van der Waals surface area contributed by atoms with Crippen LogP contribution < -0.4 is 0 Å². The van der Waals surface area contributed by atoms with E-state index >= 15 is 0 Å². The van der Waals surface area contributed by atoms with Crippen molar-refractivity contribution in [3.63, 3.8) is 0 Å². The Balaban J connectivity index is 3.32. The van der Waals surface area contributed by atoms with E-state index in [-0.39, 0.29) is 12.5 Å². The zero-order valence-electron chi connectivity index (χ0n) is 8.66. The molecule has 0 fully saturated rings. The quantitative estimate of drug-likeness (QED) is 0.513. The summed E-state index contributed by atoms with van der Waals surface area (Å²) >= 11 is 9.85. The predicted octanol–water partition coefficient (Wildman–Crippen LogP) is 2.76. The van der Waals surface area contributed by atoms with Crippen LogP contribution >= 0.6 is 24.2 Å². The summed E-state index contributed by atoms with van der Waals surface area (Å²) in [5, 5.41) is 8.92. The Labute approximate surface area is 104 Å². The van der Waals surface area contributed by atoms with Crippen LogP contribution in [0.15, 0.2) is 17.0 Å². The molecule has 0 unspecified atom stereocenters. The van der Waals surface area contributed by atoms with Crippen molar-refractivity contribution >= 4 is 30.2 Å². The Kier molecular flexibility index (Phi) is 4.66. The molecule has 0 aromatic heterocycles. The molecule has 3 nitrogen and oxygen atoms in total. The number of thiol groups is 1. The van der Waals surface area contributed by atoms with Gasteiger partial charge in [-0.1, -0.05) is 0 Å². The third-order valence-electron chi connectivity index (χ3n) is 1.98. The van der Waals surface area contributed by atoms with Crippen molar-refractivity contribution in [3.05, 3.63) is 28.8 Å². The van der Waals surface area contributed by atoms with Gasteiger partial charge in [0.25, 0.3) is 0 Å². The summed E-state index contributed by atoms with van der Waals surface area (Å²) in [4.78, 5) is 12.2. The average Bonchev–Trinajstić information content (AvgIpc) is 2.28. The molecule has 0 N–H and O–H groups in total. The van der Waals surface area contributed by atoms with Crippen LogP contribution in [-0.2, 0) is 10.6 Å². The molecule has 0 aliphatic rings. The minimum Gasteiger partial charge on any atom is -0.462 e. The number of carbonyl (C=O) groups is 1. The molecular formula is C11H10ClNO2S. The number of ether oxygens (including phenoxy) is 1. The summed E-state index contributed by atoms with van der Waals surface area (Å²) in [5.41, 5.74) is 1.15. The van der Waals surface area contributed by atoms with Crippen molar-refractivity contribution in [3.8, 4) is 6.07 Å². The van der Waals surface area contributed by atoms with Crippen molar-refractivity contribution in [1.29, 1.82) is 5.26 Å². The van der Waals surface area contributed by atoms with Crippen LogP contribution in [0.25, 0.3) is 0 Å². The molecule has 0 radical (unpaired) electrons. The molecule has 0 amide bonds. The van der Waals surface area contributed by atoms with Crippen LogP contribution in [0.4, 0.5) is 0 Å². The molecule has 1 aromatic carbocycles. The van der Waals surface area contributed by atoms with E-state index in [4.69, 9.17) is 21.6 Å². The number of nitrogens with zero attached hydrogens (tertiary/aromatic N) is 1. The number of carbonyl (C=O) groups excluding carboxylic acids is 1. The number of nitriles is 1. The highest BCUT2D eigenvalue weighted by Crippen LogP contribution is 2.22. The highest BCUT2D eigenvalue weighted by Gasteiger charge is 2.16. The van der Waals surface area contributed by atoms with Crippen LogP contribution in [0.1, 0.15) is 28.4 Å². The summed E-state index contributed by atoms with van der Waals surface area (Å²) in [6.45, 7) is 1.99. The van der Waals surface area contributed by atoms with Crippen LogP contribution in [0.5, 0.6) is 0 Å². The largest absolute Gasteiger partial charge is 0.462 e. The van der Waals surface area contributed by atoms with Gasteiger partial charge in [-0.2, -0.15) is 5.26 Å². The first-order valence-electron chi connectivity index (χ1n) is 4.63. The van der Waals surface area contributed by atoms with Gasteiger partial charge >= 0.3 is 5.97 Å². The average molecular weight is 256 g/mol. The lowest BCUT2D eigenvalue weighted by Gasteiger charge is -2.09. The van der Waals surface area contributed by atoms with E-state index in [2.05, 4.69) is 12.6 Å². The minimum absolute atomic E-state index is 0.0884. The zero-order valence-corrected chi connectivity index (χ0v) is 10.3. The first kappa shape index (κ1) is 12.9. The number of hydrogen-bond donors (Lipinski definition) is 1. The van der Waals surface area contributed by atoms with Gasteiger partial charge in [0.1, 0.15) is 0 Å². The first-order valence-corrected chi connectivity index (χ1v) is 5.61. The van der Waals surface area contributed by atoms with Crippen LogP contribution in [0.2, 0.25) is 0 Å². The Morgan fingerprint density at radius 3 is 2.81 bits per heavy atom. The molecule has 16 heavy (non-hydrogen) atoms. The maximum Gasteiger partial charge on any atom is 0.338 e. The number of benzene rings is 1. The fourth-order valence-corrected chi connectivity index (χ4v) is 1.84. The summed E-state index contributed by atoms with van der Waals surface area (Å²) in [6, 6.07) is 5.11. The maximum absolute atomic E-state index is 11.6. The molecule has 0 heterocycles. The SMILES string of the molecule is CCOC(=O)c1cc(S)cc(C#N)c1CCl. The monoisotopic (exact) mass is 255 g/mol. The van der Waals surface area contributed by atoms with E-state index in [1.54, 1.807) is 19.1 Å². The van der Waals surface area contributed by atoms with Gasteiger partial charge in [-0.25, -0.2) is 4.79 Å². The molecular weight excluding hydrogens is 246 g/mol. The van der Waals surface area contributed by atoms with Crippen LogP contribution in [-0.4, -0.2) is 12.6 Å². The molecule has 1 aromatic rings.